The van der Waals surface area contributed by atoms with Crippen molar-refractivity contribution >= 4 is 6.03 Å². The lowest BCUT2D eigenvalue weighted by molar-refractivity contribution is 0.173. The zero-order valence-corrected chi connectivity index (χ0v) is 13.4. The average molecular weight is 314 g/mol. The molecule has 7 heteroatoms. The second-order valence-corrected chi connectivity index (χ2v) is 5.89. The van der Waals surface area contributed by atoms with Gasteiger partial charge in [0.1, 0.15) is 12.7 Å². The van der Waals surface area contributed by atoms with Crippen LogP contribution in [0.1, 0.15) is 37.7 Å². The molecule has 7 nitrogen and oxygen atoms in total. The highest BCUT2D eigenvalue weighted by Gasteiger charge is 2.22. The first-order valence-electron chi connectivity index (χ1n) is 8.05. The molecule has 3 rings (SSSR count). The fourth-order valence-electron chi connectivity index (χ4n) is 3.02. The molecule has 1 N–H and O–H groups in total. The third-order valence-corrected chi connectivity index (χ3v) is 4.38. The first-order chi connectivity index (χ1) is 11.3. The third kappa shape index (κ3) is 3.67. The predicted molar refractivity (Wildman–Crippen MR) is 86.0 cm³/mol. The van der Waals surface area contributed by atoms with Crippen molar-refractivity contribution in [2.75, 3.05) is 7.05 Å². The Hall–Kier alpha value is -2.44. The summed E-state index contributed by atoms with van der Waals surface area (Å²) in [6, 6.07) is 4.11. The predicted octanol–water partition coefficient (Wildman–Crippen LogP) is 2.14. The topological polar surface area (TPSA) is 75.9 Å². The van der Waals surface area contributed by atoms with Gasteiger partial charge in [0.05, 0.1) is 0 Å². The molecule has 2 amide bonds. The highest BCUT2D eigenvalue weighted by atomic mass is 16.2. The van der Waals surface area contributed by atoms with E-state index in [4.69, 9.17) is 0 Å². The lowest BCUT2D eigenvalue weighted by atomic mass is 9.95. The first kappa shape index (κ1) is 15.5. The lowest BCUT2D eigenvalue weighted by Crippen LogP contribution is -2.44. The highest BCUT2D eigenvalue weighted by Crippen LogP contribution is 2.21. The number of hydrogen-bond acceptors (Lipinski definition) is 4. The van der Waals surface area contributed by atoms with Crippen molar-refractivity contribution in [1.29, 1.82) is 0 Å². The number of rotatable bonds is 4. The average Bonchev–Trinajstić information content (AvgIpc) is 3.14. The molecule has 1 aliphatic rings. The van der Waals surface area contributed by atoms with Crippen LogP contribution in [-0.2, 0) is 6.54 Å². The molecule has 0 aromatic carbocycles. The third-order valence-electron chi connectivity index (χ3n) is 4.38. The van der Waals surface area contributed by atoms with Crippen LogP contribution in [0.4, 0.5) is 4.79 Å². The molecule has 0 saturated heterocycles. The Kier molecular flexibility index (Phi) is 4.85. The molecule has 1 aliphatic carbocycles. The van der Waals surface area contributed by atoms with Crippen LogP contribution >= 0.6 is 0 Å². The van der Waals surface area contributed by atoms with Crippen LogP contribution in [0, 0.1) is 0 Å². The summed E-state index contributed by atoms with van der Waals surface area (Å²) in [4.78, 5) is 22.5. The molecule has 0 atom stereocenters. The number of carbonyl (C=O) groups is 1. The molecule has 0 aliphatic heterocycles. The molecular formula is C16H22N6O. The van der Waals surface area contributed by atoms with Gasteiger partial charge >= 0.3 is 6.03 Å². The van der Waals surface area contributed by atoms with Crippen LogP contribution in [-0.4, -0.2) is 43.8 Å². The van der Waals surface area contributed by atoms with Gasteiger partial charge in [0.15, 0.2) is 5.82 Å². The number of pyridine rings is 1. The van der Waals surface area contributed by atoms with E-state index < -0.39 is 0 Å². The minimum absolute atomic E-state index is 0.0368. The van der Waals surface area contributed by atoms with Gasteiger partial charge in [0.2, 0.25) is 0 Å². The first-order valence-corrected chi connectivity index (χ1v) is 8.05. The summed E-state index contributed by atoms with van der Waals surface area (Å²) in [5.74, 6) is 0.686. The van der Waals surface area contributed by atoms with Crippen LogP contribution in [0.15, 0.2) is 31.0 Å². The van der Waals surface area contributed by atoms with Crippen LogP contribution in [0.5, 0.6) is 0 Å². The summed E-state index contributed by atoms with van der Waals surface area (Å²) in [5.41, 5.74) is 0.906. The van der Waals surface area contributed by atoms with Gasteiger partial charge in [0.25, 0.3) is 0 Å². The van der Waals surface area contributed by atoms with E-state index in [2.05, 4.69) is 20.4 Å². The molecule has 0 radical (unpaired) electrons. The molecule has 1 fully saturated rings. The van der Waals surface area contributed by atoms with Gasteiger partial charge in [-0.3, -0.25) is 0 Å². The highest BCUT2D eigenvalue weighted by molar-refractivity contribution is 5.74. The summed E-state index contributed by atoms with van der Waals surface area (Å²) in [7, 11) is 1.88. The Morgan fingerprint density at radius 1 is 1.39 bits per heavy atom. The second-order valence-electron chi connectivity index (χ2n) is 5.89. The van der Waals surface area contributed by atoms with E-state index in [-0.39, 0.29) is 6.03 Å². The van der Waals surface area contributed by atoms with Gasteiger partial charge in [-0.05, 0) is 18.9 Å². The normalized spacial score (nSPS) is 15.3. The smallest absolute Gasteiger partial charge is 0.317 e. The summed E-state index contributed by atoms with van der Waals surface area (Å²) in [6.07, 6.45) is 10.7. The molecule has 0 spiro atoms. The Morgan fingerprint density at radius 3 is 2.96 bits per heavy atom. The maximum Gasteiger partial charge on any atom is 0.317 e. The van der Waals surface area contributed by atoms with E-state index in [0.29, 0.717) is 18.4 Å². The quantitative estimate of drug-likeness (QED) is 0.938. The summed E-state index contributed by atoms with van der Waals surface area (Å²) < 4.78 is 1.60. The summed E-state index contributed by atoms with van der Waals surface area (Å²) in [6.45, 7) is 0.416. The molecular weight excluding hydrogens is 292 g/mol. The fraction of sp³-hybridized carbons (Fsp3) is 0.500. The Bertz CT molecular complexity index is 636. The number of nitrogens with one attached hydrogen (secondary N) is 1. The van der Waals surface area contributed by atoms with E-state index in [1.54, 1.807) is 17.2 Å². The standard InChI is InChI=1S/C16H22N6O/c1-21(14-7-3-2-4-8-14)16(23)19-10-13-6-5-9-18-15(13)22-12-17-11-20-22/h5-6,9,11-12,14H,2-4,7-8,10H2,1H3,(H,19,23). The van der Waals surface area contributed by atoms with E-state index in [9.17, 15) is 4.79 Å². The van der Waals surface area contributed by atoms with Crippen molar-refractivity contribution in [1.82, 2.24) is 30.0 Å². The Morgan fingerprint density at radius 2 is 2.22 bits per heavy atom. The van der Waals surface area contributed by atoms with Crippen molar-refractivity contribution in [3.8, 4) is 5.82 Å². The van der Waals surface area contributed by atoms with Gasteiger partial charge < -0.3 is 10.2 Å². The van der Waals surface area contributed by atoms with Crippen LogP contribution < -0.4 is 5.32 Å². The second kappa shape index (κ2) is 7.21. The Balaban J connectivity index is 1.63. The Labute approximate surface area is 135 Å². The number of aromatic nitrogens is 4. The van der Waals surface area contributed by atoms with Crippen LogP contribution in [0.25, 0.3) is 5.82 Å². The molecule has 2 aromatic rings. The van der Waals surface area contributed by atoms with Gasteiger partial charge in [-0.15, -0.1) is 0 Å². The monoisotopic (exact) mass is 314 g/mol. The fourth-order valence-corrected chi connectivity index (χ4v) is 3.02. The maximum absolute atomic E-state index is 12.4. The molecule has 1 saturated carbocycles. The van der Waals surface area contributed by atoms with Crippen molar-refractivity contribution in [3.63, 3.8) is 0 Å². The van der Waals surface area contributed by atoms with Gasteiger partial charge in [-0.25, -0.2) is 19.4 Å². The van der Waals surface area contributed by atoms with Crippen LogP contribution in [0.2, 0.25) is 0 Å². The van der Waals surface area contributed by atoms with Crippen molar-refractivity contribution < 1.29 is 4.79 Å². The number of amides is 2. The summed E-state index contributed by atoms with van der Waals surface area (Å²) >= 11 is 0. The van der Waals surface area contributed by atoms with Gasteiger partial charge in [-0.1, -0.05) is 25.3 Å². The summed E-state index contributed by atoms with van der Waals surface area (Å²) in [5, 5.41) is 7.09. The number of nitrogens with zero attached hydrogens (tertiary/aromatic N) is 5. The minimum Gasteiger partial charge on any atom is -0.334 e. The maximum atomic E-state index is 12.4. The molecule has 122 valence electrons. The number of hydrogen-bond donors (Lipinski definition) is 1. The van der Waals surface area contributed by atoms with Gasteiger partial charge in [-0.2, -0.15) is 5.10 Å². The van der Waals surface area contributed by atoms with E-state index in [1.807, 2.05) is 24.1 Å². The van der Waals surface area contributed by atoms with Crippen molar-refractivity contribution in [2.45, 2.75) is 44.7 Å². The van der Waals surface area contributed by atoms with Crippen molar-refractivity contribution in [2.24, 2.45) is 0 Å². The van der Waals surface area contributed by atoms with Gasteiger partial charge in [0, 0.05) is 31.4 Å². The van der Waals surface area contributed by atoms with E-state index >= 15 is 0 Å². The SMILES string of the molecule is CN(C(=O)NCc1cccnc1-n1cncn1)C1CCCCC1. The number of urea groups is 1. The largest absolute Gasteiger partial charge is 0.334 e. The zero-order valence-electron chi connectivity index (χ0n) is 13.4. The van der Waals surface area contributed by atoms with Crippen molar-refractivity contribution in [3.05, 3.63) is 36.5 Å². The molecule has 0 unspecified atom stereocenters. The van der Waals surface area contributed by atoms with Crippen LogP contribution in [0.3, 0.4) is 0 Å². The number of carbonyl (C=O) groups excluding carboxylic acids is 1. The molecule has 2 aromatic heterocycles. The molecule has 0 bridgehead atoms. The molecule has 2 heterocycles. The molecule has 23 heavy (non-hydrogen) atoms. The minimum atomic E-state index is -0.0368. The zero-order chi connectivity index (χ0) is 16.1. The van der Waals surface area contributed by atoms with E-state index in [0.717, 1.165) is 18.4 Å². The van der Waals surface area contributed by atoms with E-state index in [1.165, 1.54) is 25.6 Å². The lowest BCUT2D eigenvalue weighted by Gasteiger charge is -2.31.